The predicted octanol–water partition coefficient (Wildman–Crippen LogP) is 3.60. The van der Waals surface area contributed by atoms with E-state index < -0.39 is 0 Å². The molecule has 1 fully saturated rings. The minimum atomic E-state index is -0.246. The van der Waals surface area contributed by atoms with E-state index in [2.05, 4.69) is 29.5 Å². The molecule has 168 valence electrons. The van der Waals surface area contributed by atoms with Gasteiger partial charge in [-0.3, -0.25) is 14.4 Å². The quantitative estimate of drug-likeness (QED) is 0.586. The topological polar surface area (TPSA) is 91.4 Å². The summed E-state index contributed by atoms with van der Waals surface area (Å²) in [6.45, 7) is 8.69. The first-order valence-electron chi connectivity index (χ1n) is 11.1. The van der Waals surface area contributed by atoms with Crippen molar-refractivity contribution in [1.82, 2.24) is 15.2 Å². The molecule has 1 aliphatic carbocycles. The van der Waals surface area contributed by atoms with Crippen LogP contribution >= 0.6 is 11.3 Å². The van der Waals surface area contributed by atoms with Gasteiger partial charge in [0.05, 0.1) is 18.7 Å². The van der Waals surface area contributed by atoms with Crippen LogP contribution in [0.5, 0.6) is 0 Å². The van der Waals surface area contributed by atoms with E-state index in [1.165, 1.54) is 17.8 Å². The van der Waals surface area contributed by atoms with E-state index in [9.17, 15) is 14.4 Å². The van der Waals surface area contributed by atoms with Crippen LogP contribution in [0.25, 0.3) is 0 Å². The zero-order valence-corrected chi connectivity index (χ0v) is 19.5. The molecule has 0 saturated heterocycles. The number of nitrogens with zero attached hydrogens (tertiary/aromatic N) is 2. The molecule has 7 nitrogen and oxygen atoms in total. The van der Waals surface area contributed by atoms with E-state index in [1.54, 1.807) is 10.3 Å². The maximum Gasteiger partial charge on any atom is 0.245 e. The van der Waals surface area contributed by atoms with Gasteiger partial charge in [0.15, 0.2) is 5.13 Å². The Bertz CT molecular complexity index is 713. The molecule has 1 aromatic rings. The van der Waals surface area contributed by atoms with Crippen molar-refractivity contribution in [3.63, 3.8) is 0 Å². The third-order valence-electron chi connectivity index (χ3n) is 5.35. The summed E-state index contributed by atoms with van der Waals surface area (Å²) in [6.07, 6.45) is 6.27. The van der Waals surface area contributed by atoms with E-state index in [1.807, 2.05) is 13.8 Å². The molecular formula is C22H36N4O3S. The molecule has 0 radical (unpaired) electrons. The largest absolute Gasteiger partial charge is 0.353 e. The Hall–Kier alpha value is -1.96. The molecule has 0 spiro atoms. The van der Waals surface area contributed by atoms with Gasteiger partial charge in [-0.15, -0.1) is 11.3 Å². The summed E-state index contributed by atoms with van der Waals surface area (Å²) < 4.78 is 0. The van der Waals surface area contributed by atoms with Gasteiger partial charge in [0.2, 0.25) is 17.7 Å². The van der Waals surface area contributed by atoms with Crippen LogP contribution in [0.1, 0.15) is 71.9 Å². The number of hydrogen-bond acceptors (Lipinski definition) is 5. The molecule has 8 heteroatoms. The van der Waals surface area contributed by atoms with Crippen LogP contribution in [0.3, 0.4) is 0 Å². The number of thiazole rings is 1. The van der Waals surface area contributed by atoms with Gasteiger partial charge in [-0.25, -0.2) is 4.98 Å². The highest BCUT2D eigenvalue weighted by Crippen LogP contribution is 2.26. The van der Waals surface area contributed by atoms with Gasteiger partial charge >= 0.3 is 0 Å². The monoisotopic (exact) mass is 436 g/mol. The van der Waals surface area contributed by atoms with Crippen LogP contribution in [0.4, 0.5) is 5.13 Å². The highest BCUT2D eigenvalue weighted by molar-refractivity contribution is 7.13. The first-order valence-corrected chi connectivity index (χ1v) is 12.0. The zero-order valence-electron chi connectivity index (χ0n) is 18.7. The predicted molar refractivity (Wildman–Crippen MR) is 120 cm³/mol. The van der Waals surface area contributed by atoms with Crippen molar-refractivity contribution in [2.75, 3.05) is 18.4 Å². The SMILES string of the molecule is CCC(C)NC(=O)Cc1csc(NC(=O)CN(CC(C)C)C(=O)C2CCCCC2)n1. The smallest absolute Gasteiger partial charge is 0.245 e. The highest BCUT2D eigenvalue weighted by Gasteiger charge is 2.27. The van der Waals surface area contributed by atoms with Crippen molar-refractivity contribution in [2.24, 2.45) is 11.8 Å². The average Bonchev–Trinajstić information content (AvgIpc) is 3.13. The van der Waals surface area contributed by atoms with Crippen molar-refractivity contribution >= 4 is 34.2 Å². The number of aromatic nitrogens is 1. The normalized spacial score (nSPS) is 15.6. The fourth-order valence-electron chi connectivity index (χ4n) is 3.65. The van der Waals surface area contributed by atoms with Gasteiger partial charge in [0.1, 0.15) is 0 Å². The second-order valence-electron chi connectivity index (χ2n) is 8.69. The summed E-state index contributed by atoms with van der Waals surface area (Å²) in [4.78, 5) is 43.6. The first kappa shape index (κ1) is 24.3. The molecule has 1 unspecified atom stereocenters. The Morgan fingerprint density at radius 2 is 1.87 bits per heavy atom. The van der Waals surface area contributed by atoms with Crippen molar-refractivity contribution in [2.45, 2.75) is 78.7 Å². The molecule has 30 heavy (non-hydrogen) atoms. The summed E-state index contributed by atoms with van der Waals surface area (Å²) in [5, 5.41) is 7.94. The molecule has 0 bridgehead atoms. The Labute approximate surface area is 184 Å². The number of hydrogen-bond donors (Lipinski definition) is 2. The molecule has 1 atom stereocenters. The average molecular weight is 437 g/mol. The molecule has 1 aliphatic rings. The minimum absolute atomic E-state index is 0.0386. The summed E-state index contributed by atoms with van der Waals surface area (Å²) in [5.41, 5.74) is 0.633. The third kappa shape index (κ3) is 8.05. The fraction of sp³-hybridized carbons (Fsp3) is 0.727. The van der Waals surface area contributed by atoms with Crippen molar-refractivity contribution < 1.29 is 14.4 Å². The molecule has 3 amide bonds. The van der Waals surface area contributed by atoms with Gasteiger partial charge < -0.3 is 15.5 Å². The summed E-state index contributed by atoms with van der Waals surface area (Å²) in [5.74, 6) is 0.111. The maximum absolute atomic E-state index is 12.9. The third-order valence-corrected chi connectivity index (χ3v) is 6.15. The van der Waals surface area contributed by atoms with E-state index in [-0.39, 0.29) is 42.6 Å². The summed E-state index contributed by atoms with van der Waals surface area (Å²) in [7, 11) is 0. The highest BCUT2D eigenvalue weighted by atomic mass is 32.1. The number of amides is 3. The minimum Gasteiger partial charge on any atom is -0.353 e. The number of rotatable bonds is 10. The van der Waals surface area contributed by atoms with Crippen LogP contribution in [0, 0.1) is 11.8 Å². The Morgan fingerprint density at radius 3 is 2.50 bits per heavy atom. The number of carbonyl (C=O) groups is 3. The fourth-order valence-corrected chi connectivity index (χ4v) is 4.38. The Balaban J connectivity index is 1.91. The lowest BCUT2D eigenvalue weighted by molar-refractivity contribution is -0.139. The van der Waals surface area contributed by atoms with Crippen molar-refractivity contribution in [1.29, 1.82) is 0 Å². The van der Waals surface area contributed by atoms with E-state index in [0.29, 0.717) is 23.3 Å². The van der Waals surface area contributed by atoms with Crippen LogP contribution in [0.2, 0.25) is 0 Å². The standard InChI is InChI=1S/C22H36N4O3S/c1-5-16(4)23-19(27)11-18-14-30-22(24-18)25-20(28)13-26(12-15(2)3)21(29)17-9-7-6-8-10-17/h14-17H,5-13H2,1-4H3,(H,23,27)(H,24,25,28). The van der Waals surface area contributed by atoms with Crippen LogP contribution < -0.4 is 10.6 Å². The van der Waals surface area contributed by atoms with Crippen LogP contribution in [-0.2, 0) is 20.8 Å². The molecule has 1 saturated carbocycles. The molecule has 0 aliphatic heterocycles. The van der Waals surface area contributed by atoms with Gasteiger partial charge in [0.25, 0.3) is 0 Å². The lowest BCUT2D eigenvalue weighted by Crippen LogP contribution is -2.43. The van der Waals surface area contributed by atoms with E-state index >= 15 is 0 Å². The zero-order chi connectivity index (χ0) is 22.1. The molecule has 0 aromatic carbocycles. The molecule has 1 heterocycles. The number of carbonyl (C=O) groups excluding carboxylic acids is 3. The second-order valence-corrected chi connectivity index (χ2v) is 9.55. The van der Waals surface area contributed by atoms with Crippen LogP contribution in [-0.4, -0.2) is 46.7 Å². The van der Waals surface area contributed by atoms with Gasteiger partial charge in [-0.1, -0.05) is 40.0 Å². The molecule has 1 aromatic heterocycles. The molecule has 2 rings (SSSR count). The number of anilines is 1. The van der Waals surface area contributed by atoms with Gasteiger partial charge in [-0.05, 0) is 32.1 Å². The Morgan fingerprint density at radius 1 is 1.17 bits per heavy atom. The second kappa shape index (κ2) is 12.0. The maximum atomic E-state index is 12.9. The first-order chi connectivity index (χ1) is 14.3. The molecule has 2 N–H and O–H groups in total. The summed E-state index contributed by atoms with van der Waals surface area (Å²) in [6, 6.07) is 0.129. The number of nitrogens with one attached hydrogen (secondary N) is 2. The van der Waals surface area contributed by atoms with E-state index in [4.69, 9.17) is 0 Å². The Kier molecular flexibility index (Phi) is 9.75. The van der Waals surface area contributed by atoms with Gasteiger partial charge in [0, 0.05) is 23.9 Å². The summed E-state index contributed by atoms with van der Waals surface area (Å²) >= 11 is 1.30. The van der Waals surface area contributed by atoms with Crippen molar-refractivity contribution in [3.05, 3.63) is 11.1 Å². The van der Waals surface area contributed by atoms with Crippen LogP contribution in [0.15, 0.2) is 5.38 Å². The lowest BCUT2D eigenvalue weighted by Gasteiger charge is -2.30. The van der Waals surface area contributed by atoms with Crippen molar-refractivity contribution in [3.8, 4) is 0 Å². The molecular weight excluding hydrogens is 400 g/mol. The lowest BCUT2D eigenvalue weighted by atomic mass is 9.88. The van der Waals surface area contributed by atoms with Gasteiger partial charge in [-0.2, -0.15) is 0 Å². The van der Waals surface area contributed by atoms with E-state index in [0.717, 1.165) is 32.1 Å².